The number of hydrogen-bond acceptors (Lipinski definition) is 1. The third-order valence-corrected chi connectivity index (χ3v) is 20.1. The van der Waals surface area contributed by atoms with Crippen LogP contribution >= 0.6 is 0 Å². The van der Waals surface area contributed by atoms with Crippen molar-refractivity contribution < 1.29 is 0 Å². The minimum absolute atomic E-state index is 0.154. The van der Waals surface area contributed by atoms with Crippen molar-refractivity contribution >= 4 is 150 Å². The normalized spacial score (nSPS) is 12.9. The summed E-state index contributed by atoms with van der Waals surface area (Å²) < 4.78 is 5.34. The first-order chi connectivity index (χ1) is 44.2. The van der Waals surface area contributed by atoms with E-state index in [9.17, 15) is 0 Å². The molecule has 408 valence electrons. The highest BCUT2D eigenvalue weighted by Crippen LogP contribution is 2.47. The minimum Gasteiger partial charge on any atom is -0.312 e. The maximum absolute atomic E-state index is 2.72. The molecule has 4 aliphatic heterocycles. The van der Waals surface area contributed by atoms with E-state index in [0.29, 0.717) is 0 Å². The molecule has 0 atom stereocenters. The molecule has 2 aromatic heterocycles. The second kappa shape index (κ2) is 18.6. The van der Waals surface area contributed by atoms with Gasteiger partial charge in [-0.25, -0.2) is 0 Å². The van der Waals surface area contributed by atoms with Crippen LogP contribution < -0.4 is 37.7 Å². The molecule has 6 heterocycles. The van der Waals surface area contributed by atoms with Crippen LogP contribution in [0.5, 0.6) is 0 Å². The summed E-state index contributed by atoms with van der Waals surface area (Å²) in [4.78, 5) is 2.72. The van der Waals surface area contributed by atoms with Gasteiger partial charge >= 0.3 is 0 Å². The Bertz CT molecular complexity index is 5600. The van der Waals surface area contributed by atoms with Crippen LogP contribution in [0.3, 0.4) is 0 Å². The SMILES string of the molecule is c1ccc(-c2cc3c4c(c2)B2c5ccc(-c6ccccc6)cc5-n5c6ccccc6c6ccccc6c6ccccc6c6ccc(c2c65)N4c2ccc4c5ccccc5c5ccccc5c5ccccc5n5c4c2B3c2ccc(-c3ccccc3)cc2-5)cc1. The van der Waals surface area contributed by atoms with Crippen LogP contribution in [-0.2, 0) is 0 Å². The standard InChI is InChI=1S/C84H51B2N3/c1-4-22-52(23-5-1)55-40-44-70-78(50-55)87-74-38-20-18-36-66(74)62-32-14-10-28-58(62)60-30-12-16-34-64(60)68-42-46-76-80(82(68)87)85(70)72-48-57(54-26-8-3-9-27-54)49-73-84(72)89(76)77-47-43-69-65-35-17-13-31-61(65)59-29-11-15-33-63(59)67-37-19-21-39-75(67)88-79-51-56(53-24-6-2-7-25-53)41-45-71(79)86(73)81(77)83(69)88/h1-51H. The first-order valence-electron chi connectivity index (χ1n) is 31.1. The lowest BCUT2D eigenvalue weighted by Gasteiger charge is -2.47. The van der Waals surface area contributed by atoms with Crippen molar-refractivity contribution in [3.05, 3.63) is 309 Å². The Kier molecular flexibility index (Phi) is 10.2. The summed E-state index contributed by atoms with van der Waals surface area (Å²) in [5.41, 5.74) is 25.8. The summed E-state index contributed by atoms with van der Waals surface area (Å²) in [5, 5.41) is 14.6. The van der Waals surface area contributed by atoms with Crippen molar-refractivity contribution in [3.8, 4) is 44.8 Å². The Hall–Kier alpha value is -11.4. The average Bonchev–Trinajstić information content (AvgIpc) is 1.48. The van der Waals surface area contributed by atoms with E-state index in [-0.39, 0.29) is 13.4 Å². The van der Waals surface area contributed by atoms with Gasteiger partial charge in [0.2, 0.25) is 0 Å². The summed E-state index contributed by atoms with van der Waals surface area (Å²) in [6.45, 7) is -0.308. The molecule has 0 bridgehead atoms. The Morgan fingerprint density at radius 3 is 0.899 bits per heavy atom. The van der Waals surface area contributed by atoms with Crippen molar-refractivity contribution in [1.82, 2.24) is 9.13 Å². The topological polar surface area (TPSA) is 13.1 Å². The molecule has 3 nitrogen and oxygen atoms in total. The Morgan fingerprint density at radius 1 is 0.202 bits per heavy atom. The van der Waals surface area contributed by atoms with E-state index in [1.54, 1.807) is 0 Å². The zero-order valence-corrected chi connectivity index (χ0v) is 48.4. The molecule has 0 saturated heterocycles. The van der Waals surface area contributed by atoms with Crippen molar-refractivity contribution in [3.63, 3.8) is 0 Å². The lowest BCUT2D eigenvalue weighted by atomic mass is 9.29. The zero-order chi connectivity index (χ0) is 58.0. The van der Waals surface area contributed by atoms with E-state index in [4.69, 9.17) is 0 Å². The first-order valence-corrected chi connectivity index (χ1v) is 31.1. The number of para-hydroxylation sites is 2. The molecule has 0 spiro atoms. The van der Waals surface area contributed by atoms with E-state index >= 15 is 0 Å². The molecule has 0 radical (unpaired) electrons. The molecule has 0 unspecified atom stereocenters. The second-order valence-electron chi connectivity index (χ2n) is 24.5. The maximum Gasteiger partial charge on any atom is 0.252 e. The average molecular weight is 1120 g/mol. The Labute approximate surface area is 515 Å². The molecule has 0 aliphatic carbocycles. The van der Waals surface area contributed by atoms with Crippen LogP contribution in [-0.4, -0.2) is 22.6 Å². The van der Waals surface area contributed by atoms with Crippen molar-refractivity contribution in [2.45, 2.75) is 0 Å². The molecular weight excluding hydrogens is 1070 g/mol. The molecule has 0 saturated carbocycles. The molecule has 14 aromatic carbocycles. The molecule has 0 amide bonds. The predicted octanol–water partition coefficient (Wildman–Crippen LogP) is 17.5. The number of anilines is 3. The van der Waals surface area contributed by atoms with Crippen molar-refractivity contribution in [2.24, 2.45) is 0 Å². The van der Waals surface area contributed by atoms with E-state index in [1.807, 2.05) is 0 Å². The smallest absolute Gasteiger partial charge is 0.252 e. The third-order valence-electron chi connectivity index (χ3n) is 20.1. The second-order valence-corrected chi connectivity index (χ2v) is 24.5. The van der Waals surface area contributed by atoms with Gasteiger partial charge in [-0.15, -0.1) is 0 Å². The van der Waals surface area contributed by atoms with Gasteiger partial charge in [0.25, 0.3) is 13.4 Å². The molecule has 20 rings (SSSR count). The highest BCUT2D eigenvalue weighted by atomic mass is 15.2. The van der Waals surface area contributed by atoms with Crippen LogP contribution in [0, 0.1) is 0 Å². The van der Waals surface area contributed by atoms with E-state index in [0.717, 1.165) is 11.0 Å². The van der Waals surface area contributed by atoms with Gasteiger partial charge in [-0.05, 0) is 146 Å². The minimum atomic E-state index is -0.154. The highest BCUT2D eigenvalue weighted by molar-refractivity contribution is 7.04. The largest absolute Gasteiger partial charge is 0.312 e. The fourth-order valence-corrected chi connectivity index (χ4v) is 16.5. The molecular formula is C84H51B2N3. The van der Waals surface area contributed by atoms with Crippen LogP contribution in [0.4, 0.5) is 17.1 Å². The monoisotopic (exact) mass is 1120 g/mol. The molecule has 4 aliphatic rings. The number of benzene rings is 14. The number of nitrogens with zero attached hydrogens (tertiary/aromatic N) is 3. The van der Waals surface area contributed by atoms with Gasteiger partial charge in [-0.3, -0.25) is 0 Å². The zero-order valence-electron chi connectivity index (χ0n) is 48.4. The van der Waals surface area contributed by atoms with E-state index in [1.165, 1.54) is 170 Å². The molecule has 0 fully saturated rings. The van der Waals surface area contributed by atoms with Gasteiger partial charge in [0.1, 0.15) is 0 Å². The third kappa shape index (κ3) is 6.79. The van der Waals surface area contributed by atoms with Gasteiger partial charge < -0.3 is 14.0 Å². The molecule has 89 heavy (non-hydrogen) atoms. The van der Waals surface area contributed by atoms with Gasteiger partial charge in [0.15, 0.2) is 0 Å². The summed E-state index contributed by atoms with van der Waals surface area (Å²) in [7, 11) is 0. The Balaban J connectivity index is 1.03. The molecule has 16 aromatic rings. The lowest BCUT2D eigenvalue weighted by Crippen LogP contribution is -2.67. The fourth-order valence-electron chi connectivity index (χ4n) is 16.5. The van der Waals surface area contributed by atoms with Crippen molar-refractivity contribution in [2.75, 3.05) is 4.90 Å². The van der Waals surface area contributed by atoms with E-state index < -0.39 is 0 Å². The molecule has 0 N–H and O–H groups in total. The van der Waals surface area contributed by atoms with E-state index in [2.05, 4.69) is 323 Å². The number of hydrogen-bond donors (Lipinski definition) is 0. The highest BCUT2D eigenvalue weighted by Gasteiger charge is 2.49. The van der Waals surface area contributed by atoms with Gasteiger partial charge in [-0.2, -0.15) is 0 Å². The van der Waals surface area contributed by atoms with Crippen LogP contribution in [0.15, 0.2) is 309 Å². The quantitative estimate of drug-likeness (QED) is 0.161. The van der Waals surface area contributed by atoms with Gasteiger partial charge in [0, 0.05) is 50.0 Å². The van der Waals surface area contributed by atoms with Crippen LogP contribution in [0.25, 0.3) is 131 Å². The predicted molar refractivity (Wildman–Crippen MR) is 381 cm³/mol. The number of rotatable bonds is 3. The maximum atomic E-state index is 2.72. The number of fused-ring (bicyclic) bond motifs is 24. The van der Waals surface area contributed by atoms with Crippen molar-refractivity contribution in [1.29, 1.82) is 0 Å². The molecule has 5 heteroatoms. The number of aromatic nitrogens is 2. The van der Waals surface area contributed by atoms with Crippen LogP contribution in [0.2, 0.25) is 0 Å². The van der Waals surface area contributed by atoms with Gasteiger partial charge in [-0.1, -0.05) is 273 Å². The summed E-state index contributed by atoms with van der Waals surface area (Å²) in [6.07, 6.45) is 0. The lowest BCUT2D eigenvalue weighted by molar-refractivity contribution is 1.17. The van der Waals surface area contributed by atoms with Crippen LogP contribution in [0.1, 0.15) is 0 Å². The fraction of sp³-hybridized carbons (Fsp3) is 0. The summed E-state index contributed by atoms with van der Waals surface area (Å²) in [6, 6.07) is 118. The summed E-state index contributed by atoms with van der Waals surface area (Å²) in [5.74, 6) is 0. The first kappa shape index (κ1) is 48.8. The summed E-state index contributed by atoms with van der Waals surface area (Å²) >= 11 is 0. The Morgan fingerprint density at radius 2 is 0.517 bits per heavy atom. The van der Waals surface area contributed by atoms with Gasteiger partial charge in [0.05, 0.1) is 22.1 Å².